The van der Waals surface area contributed by atoms with Crippen molar-refractivity contribution in [1.82, 2.24) is 5.32 Å². The summed E-state index contributed by atoms with van der Waals surface area (Å²) >= 11 is 6.13. The van der Waals surface area contributed by atoms with Gasteiger partial charge in [-0.1, -0.05) is 35.9 Å². The van der Waals surface area contributed by atoms with E-state index >= 15 is 0 Å². The van der Waals surface area contributed by atoms with E-state index in [4.69, 9.17) is 16.3 Å². The molecule has 0 fully saturated rings. The number of carbonyl (C=O) groups is 1. The highest BCUT2D eigenvalue weighted by Crippen LogP contribution is 2.31. The van der Waals surface area contributed by atoms with Crippen LogP contribution in [0.4, 0.5) is 5.69 Å². The van der Waals surface area contributed by atoms with Crippen molar-refractivity contribution in [3.05, 3.63) is 58.6 Å². The van der Waals surface area contributed by atoms with Crippen molar-refractivity contribution >= 4 is 33.2 Å². The normalized spacial score (nSPS) is 16.2. The van der Waals surface area contributed by atoms with Crippen molar-refractivity contribution < 1.29 is 17.9 Å². The van der Waals surface area contributed by atoms with Gasteiger partial charge in [0.15, 0.2) is 0 Å². The van der Waals surface area contributed by atoms with Crippen LogP contribution in [0.15, 0.2) is 42.5 Å². The van der Waals surface area contributed by atoms with Gasteiger partial charge in [0.05, 0.1) is 30.1 Å². The summed E-state index contributed by atoms with van der Waals surface area (Å²) in [7, 11) is -2.20. The van der Waals surface area contributed by atoms with E-state index in [2.05, 4.69) is 11.4 Å². The van der Waals surface area contributed by atoms with E-state index in [-0.39, 0.29) is 23.5 Å². The van der Waals surface area contributed by atoms with Gasteiger partial charge < -0.3 is 10.1 Å². The lowest BCUT2D eigenvalue weighted by molar-refractivity contribution is -0.120. The molecule has 0 radical (unpaired) electrons. The van der Waals surface area contributed by atoms with Crippen LogP contribution in [0.1, 0.15) is 30.0 Å². The van der Waals surface area contributed by atoms with Crippen molar-refractivity contribution in [2.24, 2.45) is 0 Å². The Balaban J connectivity index is 1.79. The standard InChI is InChI=1S/C20H23ClN2O4S/c1-27-19-11-10-15(12-17(19)21)23(28(2,25)26)13-20(24)22-18-9-5-7-14-6-3-4-8-16(14)18/h3-4,6,8,10-12,18H,5,7,9,13H2,1-2H3,(H,22,24). The molecule has 8 heteroatoms. The first-order chi connectivity index (χ1) is 13.3. The number of nitrogens with one attached hydrogen (secondary N) is 1. The minimum Gasteiger partial charge on any atom is -0.495 e. The van der Waals surface area contributed by atoms with Crippen molar-refractivity contribution in [3.63, 3.8) is 0 Å². The number of methoxy groups -OCH3 is 1. The van der Waals surface area contributed by atoms with Crippen LogP contribution >= 0.6 is 11.6 Å². The molecule has 0 bridgehead atoms. The first kappa shape index (κ1) is 20.5. The summed E-state index contributed by atoms with van der Waals surface area (Å²) in [6.07, 6.45) is 3.86. The van der Waals surface area contributed by atoms with E-state index in [0.29, 0.717) is 11.4 Å². The zero-order valence-corrected chi connectivity index (χ0v) is 17.4. The fourth-order valence-corrected chi connectivity index (χ4v) is 4.58. The Morgan fingerprint density at radius 2 is 2.04 bits per heavy atom. The Labute approximate surface area is 170 Å². The van der Waals surface area contributed by atoms with Crippen molar-refractivity contribution in [3.8, 4) is 5.75 Å². The molecule has 1 atom stereocenters. The Morgan fingerprint density at radius 3 is 2.71 bits per heavy atom. The lowest BCUT2D eigenvalue weighted by Gasteiger charge is -2.28. The van der Waals surface area contributed by atoms with E-state index in [1.807, 2.05) is 18.2 Å². The zero-order valence-electron chi connectivity index (χ0n) is 15.8. The maximum Gasteiger partial charge on any atom is 0.241 e. The second-order valence-corrected chi connectivity index (χ2v) is 9.11. The minimum atomic E-state index is -3.68. The van der Waals surface area contributed by atoms with Crippen molar-refractivity contribution in [2.75, 3.05) is 24.2 Å². The highest BCUT2D eigenvalue weighted by Gasteiger charge is 2.25. The third-order valence-corrected chi connectivity index (χ3v) is 6.25. The van der Waals surface area contributed by atoms with Crippen LogP contribution in [-0.2, 0) is 21.2 Å². The number of hydrogen-bond acceptors (Lipinski definition) is 4. The number of fused-ring (bicyclic) bond motifs is 1. The van der Waals surface area contributed by atoms with Crippen LogP contribution in [0.25, 0.3) is 0 Å². The topological polar surface area (TPSA) is 75.7 Å². The van der Waals surface area contributed by atoms with Gasteiger partial charge in [-0.05, 0) is 48.6 Å². The van der Waals surface area contributed by atoms with E-state index < -0.39 is 10.0 Å². The smallest absolute Gasteiger partial charge is 0.241 e. The first-order valence-electron chi connectivity index (χ1n) is 8.98. The maximum absolute atomic E-state index is 12.7. The number of benzene rings is 2. The number of hydrogen-bond donors (Lipinski definition) is 1. The SMILES string of the molecule is COc1ccc(N(CC(=O)NC2CCCc3ccccc32)S(C)(=O)=O)cc1Cl. The first-order valence-corrected chi connectivity index (χ1v) is 11.2. The van der Waals surface area contributed by atoms with Crippen LogP contribution in [0.2, 0.25) is 5.02 Å². The molecule has 1 amide bonds. The molecule has 1 unspecified atom stereocenters. The predicted molar refractivity (Wildman–Crippen MR) is 110 cm³/mol. The molecule has 0 heterocycles. The van der Waals surface area contributed by atoms with Gasteiger partial charge in [-0.3, -0.25) is 9.10 Å². The van der Waals surface area contributed by atoms with Crippen LogP contribution in [0, 0.1) is 0 Å². The Bertz CT molecular complexity index is 978. The van der Waals surface area contributed by atoms with Crippen LogP contribution in [0.5, 0.6) is 5.75 Å². The third kappa shape index (κ3) is 4.59. The number of rotatable bonds is 6. The minimum absolute atomic E-state index is 0.113. The molecule has 0 aliphatic heterocycles. The average molecular weight is 423 g/mol. The fourth-order valence-electron chi connectivity index (χ4n) is 3.48. The lowest BCUT2D eigenvalue weighted by atomic mass is 9.88. The Morgan fingerprint density at radius 1 is 1.29 bits per heavy atom. The number of ether oxygens (including phenoxy) is 1. The molecule has 0 saturated heterocycles. The van der Waals surface area contributed by atoms with E-state index in [0.717, 1.165) is 35.4 Å². The average Bonchev–Trinajstić information content (AvgIpc) is 2.65. The number of sulfonamides is 1. The van der Waals surface area contributed by atoms with E-state index in [1.54, 1.807) is 12.1 Å². The summed E-state index contributed by atoms with van der Waals surface area (Å²) in [6.45, 7) is -0.319. The molecule has 2 aromatic carbocycles. The van der Waals surface area contributed by atoms with Crippen LogP contribution in [0.3, 0.4) is 0 Å². The molecule has 6 nitrogen and oxygen atoms in total. The summed E-state index contributed by atoms with van der Waals surface area (Å²) in [6, 6.07) is 12.5. The predicted octanol–water partition coefficient (Wildman–Crippen LogP) is 3.31. The molecule has 0 saturated carbocycles. The summed E-state index contributed by atoms with van der Waals surface area (Å²) in [5.41, 5.74) is 2.63. The van der Waals surface area contributed by atoms with Crippen molar-refractivity contribution in [1.29, 1.82) is 0 Å². The zero-order chi connectivity index (χ0) is 20.3. The van der Waals surface area contributed by atoms with Gasteiger partial charge in [0.2, 0.25) is 15.9 Å². The largest absolute Gasteiger partial charge is 0.495 e. The molecule has 1 N–H and O–H groups in total. The van der Waals surface area contributed by atoms with Gasteiger partial charge in [-0.25, -0.2) is 8.42 Å². The Hall–Kier alpha value is -2.25. The number of carbonyl (C=O) groups excluding carboxylic acids is 1. The summed E-state index contributed by atoms with van der Waals surface area (Å²) in [4.78, 5) is 12.7. The van der Waals surface area contributed by atoms with Crippen molar-refractivity contribution in [2.45, 2.75) is 25.3 Å². The van der Waals surface area contributed by atoms with Gasteiger partial charge in [0.25, 0.3) is 0 Å². The monoisotopic (exact) mass is 422 g/mol. The summed E-state index contributed by atoms with van der Waals surface area (Å²) < 4.78 is 30.7. The van der Waals surface area contributed by atoms with E-state index in [9.17, 15) is 13.2 Å². The Kier molecular flexibility index (Phi) is 6.15. The molecule has 1 aliphatic carbocycles. The quantitative estimate of drug-likeness (QED) is 0.774. The molecule has 28 heavy (non-hydrogen) atoms. The molecule has 0 aromatic heterocycles. The second kappa shape index (κ2) is 8.41. The molecule has 2 aromatic rings. The molecule has 3 rings (SSSR count). The highest BCUT2D eigenvalue weighted by atomic mass is 35.5. The van der Waals surface area contributed by atoms with E-state index in [1.165, 1.54) is 18.7 Å². The van der Waals surface area contributed by atoms with Gasteiger partial charge >= 0.3 is 0 Å². The van der Waals surface area contributed by atoms with Crippen LogP contribution < -0.4 is 14.4 Å². The summed E-state index contributed by atoms with van der Waals surface area (Å²) in [5, 5.41) is 3.26. The van der Waals surface area contributed by atoms with Gasteiger partial charge in [-0.2, -0.15) is 0 Å². The molecular formula is C20H23ClN2O4S. The maximum atomic E-state index is 12.7. The number of nitrogens with zero attached hydrogens (tertiary/aromatic N) is 1. The number of aryl methyl sites for hydroxylation is 1. The van der Waals surface area contributed by atoms with Gasteiger partial charge in [-0.15, -0.1) is 0 Å². The third-order valence-electron chi connectivity index (χ3n) is 4.82. The molecular weight excluding hydrogens is 400 g/mol. The van der Waals surface area contributed by atoms with Crippen LogP contribution in [-0.4, -0.2) is 34.2 Å². The van der Waals surface area contributed by atoms with Gasteiger partial charge in [0.1, 0.15) is 12.3 Å². The number of anilines is 1. The number of amides is 1. The fraction of sp³-hybridized carbons (Fsp3) is 0.350. The number of halogens is 1. The molecule has 150 valence electrons. The second-order valence-electron chi connectivity index (χ2n) is 6.80. The summed E-state index contributed by atoms with van der Waals surface area (Å²) in [5.74, 6) is 0.0706. The molecule has 1 aliphatic rings. The van der Waals surface area contributed by atoms with Gasteiger partial charge in [0, 0.05) is 0 Å². The molecule has 0 spiro atoms. The highest BCUT2D eigenvalue weighted by molar-refractivity contribution is 7.92. The lowest BCUT2D eigenvalue weighted by Crippen LogP contribution is -2.42.